The minimum absolute atomic E-state index is 0.0796. The van der Waals surface area contributed by atoms with Gasteiger partial charge in [0.1, 0.15) is 5.75 Å². The number of ketones is 2. The first kappa shape index (κ1) is 21.5. The first-order valence-corrected chi connectivity index (χ1v) is 10.1. The molecule has 0 aliphatic heterocycles. The van der Waals surface area contributed by atoms with Gasteiger partial charge in [-0.3, -0.25) is 9.59 Å². The standard InChI is InChI=1S/C27H28O3/c1-16-8-7-9-23(10-16)27(6,24-11-17(2)26(30)18(3)12-24)25-14-21(19(4)28)13-22(15-25)20(5)29/h7-15,30H,1-6H3. The lowest BCUT2D eigenvalue weighted by molar-refractivity contribution is 0.101. The molecule has 0 aliphatic rings. The van der Waals surface area contributed by atoms with Gasteiger partial charge in [0.15, 0.2) is 11.6 Å². The number of phenolic OH excluding ortho intramolecular Hbond substituents is 1. The highest BCUT2D eigenvalue weighted by Gasteiger charge is 2.33. The van der Waals surface area contributed by atoms with Crippen LogP contribution in [-0.4, -0.2) is 16.7 Å². The van der Waals surface area contributed by atoms with Crippen LogP contribution in [0.15, 0.2) is 54.6 Å². The van der Waals surface area contributed by atoms with E-state index < -0.39 is 5.41 Å². The molecule has 1 N–H and O–H groups in total. The molecular formula is C27H28O3. The van der Waals surface area contributed by atoms with Gasteiger partial charge in [-0.15, -0.1) is 0 Å². The molecule has 0 saturated heterocycles. The van der Waals surface area contributed by atoms with E-state index in [1.54, 1.807) is 6.07 Å². The average Bonchev–Trinajstić information content (AvgIpc) is 2.70. The van der Waals surface area contributed by atoms with Gasteiger partial charge in [-0.25, -0.2) is 0 Å². The van der Waals surface area contributed by atoms with E-state index in [-0.39, 0.29) is 17.3 Å². The molecule has 0 spiro atoms. The SMILES string of the molecule is CC(=O)c1cc(C(C)=O)cc(C(C)(c2cccc(C)c2)c2cc(C)c(O)c(C)c2)c1. The van der Waals surface area contributed by atoms with E-state index in [9.17, 15) is 14.7 Å². The fraction of sp³-hybridized carbons (Fsp3) is 0.259. The number of benzene rings is 3. The van der Waals surface area contributed by atoms with Crippen LogP contribution in [0.3, 0.4) is 0 Å². The van der Waals surface area contributed by atoms with Gasteiger partial charge >= 0.3 is 0 Å². The Balaban J connectivity index is 2.42. The zero-order chi connectivity index (χ0) is 22.2. The van der Waals surface area contributed by atoms with Crippen molar-refractivity contribution in [2.75, 3.05) is 0 Å². The van der Waals surface area contributed by atoms with Crippen LogP contribution >= 0.6 is 0 Å². The molecule has 3 aromatic carbocycles. The lowest BCUT2D eigenvalue weighted by Gasteiger charge is -2.33. The van der Waals surface area contributed by atoms with Crippen LogP contribution in [0.2, 0.25) is 0 Å². The van der Waals surface area contributed by atoms with Gasteiger partial charge in [-0.05, 0) is 87.6 Å². The predicted octanol–water partition coefficient (Wildman–Crippen LogP) is 6.08. The molecule has 1 unspecified atom stereocenters. The van der Waals surface area contributed by atoms with Crippen LogP contribution in [-0.2, 0) is 5.41 Å². The van der Waals surface area contributed by atoms with Crippen LogP contribution in [0.25, 0.3) is 0 Å². The van der Waals surface area contributed by atoms with Crippen molar-refractivity contribution in [3.05, 3.63) is 99.1 Å². The lowest BCUT2D eigenvalue weighted by Crippen LogP contribution is -2.26. The summed E-state index contributed by atoms with van der Waals surface area (Å²) < 4.78 is 0. The smallest absolute Gasteiger partial charge is 0.159 e. The number of phenols is 1. The Labute approximate surface area is 178 Å². The number of carbonyl (C=O) groups is 2. The predicted molar refractivity (Wildman–Crippen MR) is 121 cm³/mol. The summed E-state index contributed by atoms with van der Waals surface area (Å²) in [5.41, 5.74) is 6.05. The minimum atomic E-state index is -0.620. The molecule has 0 aliphatic carbocycles. The van der Waals surface area contributed by atoms with E-state index in [2.05, 4.69) is 19.1 Å². The summed E-state index contributed by atoms with van der Waals surface area (Å²) >= 11 is 0. The summed E-state index contributed by atoms with van der Waals surface area (Å²) in [5.74, 6) is 0.125. The molecule has 0 radical (unpaired) electrons. The number of Topliss-reactive ketones (excluding diaryl/α,β-unsaturated/α-hetero) is 2. The fourth-order valence-electron chi connectivity index (χ4n) is 4.02. The Bertz CT molecular complexity index is 1100. The van der Waals surface area contributed by atoms with Crippen molar-refractivity contribution < 1.29 is 14.7 Å². The molecule has 154 valence electrons. The Kier molecular flexibility index (Phi) is 5.67. The van der Waals surface area contributed by atoms with E-state index in [1.165, 1.54) is 13.8 Å². The lowest BCUT2D eigenvalue weighted by atomic mass is 9.69. The highest BCUT2D eigenvalue weighted by atomic mass is 16.3. The third kappa shape index (κ3) is 3.80. The summed E-state index contributed by atoms with van der Waals surface area (Å²) in [4.78, 5) is 24.5. The maximum atomic E-state index is 12.2. The minimum Gasteiger partial charge on any atom is -0.507 e. The summed E-state index contributed by atoms with van der Waals surface area (Å²) in [6.45, 7) is 11.0. The summed E-state index contributed by atoms with van der Waals surface area (Å²) in [6.07, 6.45) is 0. The van der Waals surface area contributed by atoms with Gasteiger partial charge in [0.25, 0.3) is 0 Å². The van der Waals surface area contributed by atoms with Crippen LogP contribution in [0.4, 0.5) is 0 Å². The second-order valence-corrected chi connectivity index (χ2v) is 8.36. The first-order valence-electron chi connectivity index (χ1n) is 10.1. The van der Waals surface area contributed by atoms with Crippen molar-refractivity contribution in [2.45, 2.75) is 47.0 Å². The van der Waals surface area contributed by atoms with Crippen LogP contribution in [0.5, 0.6) is 5.75 Å². The molecule has 0 bridgehead atoms. The topological polar surface area (TPSA) is 54.4 Å². The van der Waals surface area contributed by atoms with Crippen molar-refractivity contribution in [3.63, 3.8) is 0 Å². The second-order valence-electron chi connectivity index (χ2n) is 8.36. The van der Waals surface area contributed by atoms with Crippen molar-refractivity contribution in [1.82, 2.24) is 0 Å². The summed E-state index contributed by atoms with van der Waals surface area (Å²) in [7, 11) is 0. The quantitative estimate of drug-likeness (QED) is 0.417. The zero-order valence-corrected chi connectivity index (χ0v) is 18.5. The van der Waals surface area contributed by atoms with Gasteiger partial charge in [0, 0.05) is 16.5 Å². The number of hydrogen-bond acceptors (Lipinski definition) is 3. The molecule has 0 fully saturated rings. The molecule has 3 heteroatoms. The maximum absolute atomic E-state index is 12.2. The Morgan fingerprint density at radius 1 is 0.733 bits per heavy atom. The van der Waals surface area contributed by atoms with Crippen molar-refractivity contribution in [2.24, 2.45) is 0 Å². The Morgan fingerprint density at radius 3 is 1.70 bits per heavy atom. The number of carbonyl (C=O) groups excluding carboxylic acids is 2. The van der Waals surface area contributed by atoms with Gasteiger partial charge in [0.2, 0.25) is 0 Å². The van der Waals surface area contributed by atoms with Gasteiger partial charge in [-0.1, -0.05) is 42.0 Å². The third-order valence-corrected chi connectivity index (χ3v) is 5.99. The van der Waals surface area contributed by atoms with Crippen molar-refractivity contribution in [3.8, 4) is 5.75 Å². The number of hydrogen-bond donors (Lipinski definition) is 1. The molecule has 0 heterocycles. The molecule has 0 saturated carbocycles. The summed E-state index contributed by atoms with van der Waals surface area (Å²) in [6, 6.07) is 17.7. The highest BCUT2D eigenvalue weighted by molar-refractivity contribution is 6.00. The van der Waals surface area contributed by atoms with Crippen LogP contribution in [0, 0.1) is 20.8 Å². The van der Waals surface area contributed by atoms with Crippen LogP contribution < -0.4 is 0 Å². The normalized spacial score (nSPS) is 13.0. The zero-order valence-electron chi connectivity index (χ0n) is 18.5. The molecule has 0 amide bonds. The van der Waals surface area contributed by atoms with E-state index in [4.69, 9.17) is 0 Å². The number of rotatable bonds is 5. The average molecular weight is 401 g/mol. The Hall–Kier alpha value is -3.20. The molecule has 3 nitrogen and oxygen atoms in total. The van der Waals surface area contributed by atoms with Crippen LogP contribution in [0.1, 0.15) is 74.9 Å². The van der Waals surface area contributed by atoms with E-state index in [0.29, 0.717) is 11.1 Å². The van der Waals surface area contributed by atoms with E-state index in [0.717, 1.165) is 33.4 Å². The van der Waals surface area contributed by atoms with E-state index >= 15 is 0 Å². The number of aryl methyl sites for hydroxylation is 3. The van der Waals surface area contributed by atoms with Gasteiger partial charge in [-0.2, -0.15) is 0 Å². The molecule has 1 atom stereocenters. The first-order chi connectivity index (χ1) is 14.0. The largest absolute Gasteiger partial charge is 0.507 e. The second kappa shape index (κ2) is 7.91. The molecule has 3 aromatic rings. The molecular weight excluding hydrogens is 372 g/mol. The monoisotopic (exact) mass is 400 g/mol. The maximum Gasteiger partial charge on any atom is 0.159 e. The highest BCUT2D eigenvalue weighted by Crippen LogP contribution is 2.42. The molecule has 30 heavy (non-hydrogen) atoms. The van der Waals surface area contributed by atoms with Crippen molar-refractivity contribution in [1.29, 1.82) is 0 Å². The summed E-state index contributed by atoms with van der Waals surface area (Å²) in [5, 5.41) is 10.3. The van der Waals surface area contributed by atoms with Gasteiger partial charge < -0.3 is 5.11 Å². The van der Waals surface area contributed by atoms with Gasteiger partial charge in [0.05, 0.1) is 0 Å². The Morgan fingerprint density at radius 2 is 1.23 bits per heavy atom. The molecule has 0 aromatic heterocycles. The van der Waals surface area contributed by atoms with E-state index in [1.807, 2.05) is 57.2 Å². The number of aromatic hydroxyl groups is 1. The molecule has 3 rings (SSSR count). The fourth-order valence-corrected chi connectivity index (χ4v) is 4.02. The van der Waals surface area contributed by atoms with Crippen molar-refractivity contribution >= 4 is 11.6 Å². The third-order valence-electron chi connectivity index (χ3n) is 5.99.